The van der Waals surface area contributed by atoms with Gasteiger partial charge in [-0.25, -0.2) is 9.78 Å². The van der Waals surface area contributed by atoms with Gasteiger partial charge in [-0.1, -0.05) is 17.7 Å². The Kier molecular flexibility index (Phi) is 4.83. The monoisotopic (exact) mass is 299 g/mol. The summed E-state index contributed by atoms with van der Waals surface area (Å²) < 4.78 is 5.08. The second-order valence-corrected chi connectivity index (χ2v) is 4.95. The molecule has 1 aromatic carbocycles. The molecule has 0 spiro atoms. The minimum absolute atomic E-state index is 0.0700. The normalized spacial score (nSPS) is 11.6. The number of aromatic nitrogens is 2. The average molecular weight is 299 g/mol. The highest BCUT2D eigenvalue weighted by Gasteiger charge is 2.20. The number of benzene rings is 1. The van der Waals surface area contributed by atoms with E-state index < -0.39 is 18.0 Å². The largest absolute Gasteiger partial charge is 0.448 e. The summed E-state index contributed by atoms with van der Waals surface area (Å²) in [6, 6.07) is 7.34. The fourth-order valence-electron chi connectivity index (χ4n) is 1.65. The molecule has 2 aromatic rings. The number of hydrogen-bond acceptors (Lipinski definition) is 5. The lowest BCUT2D eigenvalue weighted by Gasteiger charge is -2.13. The molecule has 0 saturated heterocycles. The topological polar surface area (TPSA) is 81.2 Å². The van der Waals surface area contributed by atoms with Crippen LogP contribution in [0.5, 0.6) is 0 Å². The number of aryl methyl sites for hydroxylation is 2. The number of ether oxygens (including phenoxy) is 1. The van der Waals surface area contributed by atoms with Crippen LogP contribution in [0.2, 0.25) is 0 Å². The molecule has 1 atom stereocenters. The maximum atomic E-state index is 12.0. The van der Waals surface area contributed by atoms with Gasteiger partial charge in [0.05, 0.1) is 11.9 Å². The van der Waals surface area contributed by atoms with Crippen LogP contribution in [0.15, 0.2) is 36.7 Å². The van der Waals surface area contributed by atoms with Crippen LogP contribution >= 0.6 is 0 Å². The predicted molar refractivity (Wildman–Crippen MR) is 81.5 cm³/mol. The van der Waals surface area contributed by atoms with Crippen LogP contribution in [-0.4, -0.2) is 27.9 Å². The standard InChI is InChI=1S/C16H17N3O3/c1-10-4-6-13(7-5-10)19-15(20)12(3)22-16(21)14-9-17-11(2)8-18-14/h4-9,12H,1-3H3,(H,19,20)/t12-/m1/s1. The van der Waals surface area contributed by atoms with Gasteiger partial charge in [-0.05, 0) is 32.9 Å². The van der Waals surface area contributed by atoms with Crippen LogP contribution in [0, 0.1) is 13.8 Å². The van der Waals surface area contributed by atoms with Crippen molar-refractivity contribution in [1.82, 2.24) is 9.97 Å². The number of amides is 1. The molecule has 1 N–H and O–H groups in total. The van der Waals surface area contributed by atoms with Crippen molar-refractivity contribution < 1.29 is 14.3 Å². The van der Waals surface area contributed by atoms with E-state index in [2.05, 4.69) is 15.3 Å². The molecule has 0 unspecified atom stereocenters. The van der Waals surface area contributed by atoms with E-state index in [1.54, 1.807) is 19.1 Å². The molecule has 114 valence electrons. The van der Waals surface area contributed by atoms with E-state index >= 15 is 0 Å². The molecule has 0 saturated carbocycles. The Bertz CT molecular complexity index is 666. The molecule has 0 fully saturated rings. The lowest BCUT2D eigenvalue weighted by atomic mass is 10.2. The average Bonchev–Trinajstić information content (AvgIpc) is 2.50. The van der Waals surface area contributed by atoms with Gasteiger partial charge >= 0.3 is 5.97 Å². The minimum Gasteiger partial charge on any atom is -0.448 e. The van der Waals surface area contributed by atoms with Crippen LogP contribution < -0.4 is 5.32 Å². The first-order valence-electron chi connectivity index (χ1n) is 6.83. The Labute approximate surface area is 128 Å². The lowest BCUT2D eigenvalue weighted by molar-refractivity contribution is -0.123. The fourth-order valence-corrected chi connectivity index (χ4v) is 1.65. The van der Waals surface area contributed by atoms with Crippen molar-refractivity contribution in [2.45, 2.75) is 26.9 Å². The number of nitrogens with one attached hydrogen (secondary N) is 1. The first kappa shape index (κ1) is 15.6. The van der Waals surface area contributed by atoms with Crippen molar-refractivity contribution >= 4 is 17.6 Å². The minimum atomic E-state index is -0.933. The molecule has 2 rings (SSSR count). The maximum Gasteiger partial charge on any atom is 0.359 e. The Hall–Kier alpha value is -2.76. The van der Waals surface area contributed by atoms with E-state index in [1.807, 2.05) is 19.1 Å². The summed E-state index contributed by atoms with van der Waals surface area (Å²) in [5.74, 6) is -1.09. The van der Waals surface area contributed by atoms with Crippen molar-refractivity contribution in [1.29, 1.82) is 0 Å². The zero-order chi connectivity index (χ0) is 16.1. The van der Waals surface area contributed by atoms with E-state index in [9.17, 15) is 9.59 Å². The maximum absolute atomic E-state index is 12.0. The van der Waals surface area contributed by atoms with Gasteiger partial charge in [-0.15, -0.1) is 0 Å². The van der Waals surface area contributed by atoms with Crippen molar-refractivity contribution in [2.24, 2.45) is 0 Å². The number of anilines is 1. The third-order valence-electron chi connectivity index (χ3n) is 2.96. The third-order valence-corrected chi connectivity index (χ3v) is 2.96. The van der Waals surface area contributed by atoms with Crippen molar-refractivity contribution in [3.05, 3.63) is 53.6 Å². The highest BCUT2D eigenvalue weighted by Crippen LogP contribution is 2.10. The molecule has 1 amide bonds. The van der Waals surface area contributed by atoms with Gasteiger partial charge in [0.15, 0.2) is 11.8 Å². The van der Waals surface area contributed by atoms with Crippen LogP contribution in [-0.2, 0) is 9.53 Å². The van der Waals surface area contributed by atoms with Gasteiger partial charge in [0.25, 0.3) is 5.91 Å². The summed E-state index contributed by atoms with van der Waals surface area (Å²) in [5, 5.41) is 2.68. The summed E-state index contributed by atoms with van der Waals surface area (Å²) in [6.07, 6.45) is 1.85. The summed E-state index contributed by atoms with van der Waals surface area (Å²) in [5.41, 5.74) is 2.51. The van der Waals surface area contributed by atoms with Gasteiger partial charge in [0.2, 0.25) is 0 Å². The Morgan fingerprint density at radius 2 is 1.77 bits per heavy atom. The molecular formula is C16H17N3O3. The van der Waals surface area contributed by atoms with Gasteiger partial charge in [-0.2, -0.15) is 0 Å². The Balaban J connectivity index is 1.94. The van der Waals surface area contributed by atoms with Gasteiger partial charge in [-0.3, -0.25) is 9.78 Å². The molecule has 0 bridgehead atoms. The summed E-state index contributed by atoms with van der Waals surface area (Å²) in [6.45, 7) is 5.22. The number of rotatable bonds is 4. The van der Waals surface area contributed by atoms with Crippen LogP contribution in [0.25, 0.3) is 0 Å². The molecule has 22 heavy (non-hydrogen) atoms. The van der Waals surface area contributed by atoms with E-state index in [-0.39, 0.29) is 5.69 Å². The molecule has 1 aromatic heterocycles. The number of hydrogen-bond donors (Lipinski definition) is 1. The zero-order valence-electron chi connectivity index (χ0n) is 12.7. The number of esters is 1. The first-order valence-corrected chi connectivity index (χ1v) is 6.83. The van der Waals surface area contributed by atoms with E-state index in [0.717, 1.165) is 5.56 Å². The first-order chi connectivity index (χ1) is 10.5. The molecule has 1 heterocycles. The van der Waals surface area contributed by atoms with Crippen LogP contribution in [0.1, 0.15) is 28.7 Å². The van der Waals surface area contributed by atoms with Crippen molar-refractivity contribution in [3.63, 3.8) is 0 Å². The molecule has 0 radical (unpaired) electrons. The second kappa shape index (κ2) is 6.80. The number of nitrogens with zero attached hydrogens (tertiary/aromatic N) is 2. The zero-order valence-corrected chi connectivity index (χ0v) is 12.7. The molecule has 6 nitrogen and oxygen atoms in total. The Morgan fingerprint density at radius 1 is 1.09 bits per heavy atom. The molecule has 0 aliphatic rings. The quantitative estimate of drug-likeness (QED) is 0.876. The molecular weight excluding hydrogens is 282 g/mol. The molecule has 0 aliphatic heterocycles. The van der Waals surface area contributed by atoms with Gasteiger partial charge < -0.3 is 10.1 Å². The Morgan fingerprint density at radius 3 is 2.36 bits per heavy atom. The predicted octanol–water partition coefficient (Wildman–Crippen LogP) is 2.28. The van der Waals surface area contributed by atoms with E-state index in [4.69, 9.17) is 4.74 Å². The second-order valence-electron chi connectivity index (χ2n) is 4.95. The third kappa shape index (κ3) is 4.12. The molecule has 0 aliphatic carbocycles. The lowest BCUT2D eigenvalue weighted by Crippen LogP contribution is -2.30. The fraction of sp³-hybridized carbons (Fsp3) is 0.250. The van der Waals surface area contributed by atoms with E-state index in [1.165, 1.54) is 19.3 Å². The summed E-state index contributed by atoms with van der Waals surface area (Å²) in [4.78, 5) is 31.7. The summed E-state index contributed by atoms with van der Waals surface area (Å²) in [7, 11) is 0. The van der Waals surface area contributed by atoms with Crippen molar-refractivity contribution in [2.75, 3.05) is 5.32 Å². The highest BCUT2D eigenvalue weighted by molar-refractivity contribution is 5.96. The van der Waals surface area contributed by atoms with Gasteiger partial charge in [0.1, 0.15) is 0 Å². The van der Waals surface area contributed by atoms with Gasteiger partial charge in [0, 0.05) is 11.9 Å². The molecule has 6 heteroatoms. The van der Waals surface area contributed by atoms with Crippen LogP contribution in [0.3, 0.4) is 0 Å². The van der Waals surface area contributed by atoms with Crippen molar-refractivity contribution in [3.8, 4) is 0 Å². The summed E-state index contributed by atoms with van der Waals surface area (Å²) >= 11 is 0. The SMILES string of the molecule is Cc1ccc(NC(=O)[C@@H](C)OC(=O)c2cnc(C)cn2)cc1. The smallest absolute Gasteiger partial charge is 0.359 e. The van der Waals surface area contributed by atoms with E-state index in [0.29, 0.717) is 11.4 Å². The highest BCUT2D eigenvalue weighted by atomic mass is 16.5. The number of carbonyl (C=O) groups is 2. The van der Waals surface area contributed by atoms with Crippen LogP contribution in [0.4, 0.5) is 5.69 Å². The number of carbonyl (C=O) groups excluding carboxylic acids is 2.